The van der Waals surface area contributed by atoms with Gasteiger partial charge in [-0.05, 0) is 35.9 Å². The predicted molar refractivity (Wildman–Crippen MR) is 90.6 cm³/mol. The summed E-state index contributed by atoms with van der Waals surface area (Å²) >= 11 is 0. The van der Waals surface area contributed by atoms with Crippen molar-refractivity contribution in [3.05, 3.63) is 70.3 Å². The van der Waals surface area contributed by atoms with Crippen molar-refractivity contribution in [3.8, 4) is 6.07 Å². The van der Waals surface area contributed by atoms with Crippen LogP contribution in [-0.4, -0.2) is 15.5 Å². The first-order chi connectivity index (χ1) is 11.6. The van der Waals surface area contributed by atoms with Gasteiger partial charge in [0.15, 0.2) is 0 Å². The molecule has 24 heavy (non-hydrogen) atoms. The van der Waals surface area contributed by atoms with E-state index in [2.05, 4.69) is 16.4 Å². The van der Waals surface area contributed by atoms with Crippen LogP contribution in [0.4, 0.5) is 5.69 Å². The van der Waals surface area contributed by atoms with E-state index >= 15 is 0 Å². The number of nitrogens with zero attached hydrogens (tertiary/aromatic N) is 3. The molecule has 1 heterocycles. The van der Waals surface area contributed by atoms with E-state index in [0.717, 1.165) is 5.56 Å². The number of hydrogen-bond acceptors (Lipinski definition) is 4. The van der Waals surface area contributed by atoms with Crippen LogP contribution in [0.15, 0.2) is 53.6 Å². The summed E-state index contributed by atoms with van der Waals surface area (Å²) in [6, 6.07) is 14.2. The van der Waals surface area contributed by atoms with Crippen molar-refractivity contribution in [2.24, 2.45) is 0 Å². The number of nitriles is 1. The van der Waals surface area contributed by atoms with Gasteiger partial charge in [-0.1, -0.05) is 12.1 Å². The number of benzene rings is 2. The maximum absolute atomic E-state index is 12.7. The molecule has 0 spiro atoms. The molecule has 0 fully saturated rings. The molecule has 0 saturated carbocycles. The lowest BCUT2D eigenvalue weighted by molar-refractivity contribution is -0.114. The molecule has 6 heteroatoms. The summed E-state index contributed by atoms with van der Waals surface area (Å²) in [6.07, 6.45) is 1.49. The molecule has 1 N–H and O–H groups in total. The van der Waals surface area contributed by atoms with E-state index in [1.807, 2.05) is 6.07 Å². The van der Waals surface area contributed by atoms with Crippen molar-refractivity contribution < 1.29 is 4.79 Å². The highest BCUT2D eigenvalue weighted by atomic mass is 16.1. The topological polar surface area (TPSA) is 87.8 Å². The molecule has 0 aliphatic carbocycles. The number of fused-ring (bicyclic) bond motifs is 1. The Kier molecular flexibility index (Phi) is 4.08. The van der Waals surface area contributed by atoms with Gasteiger partial charge in [-0.25, -0.2) is 4.98 Å². The van der Waals surface area contributed by atoms with E-state index in [-0.39, 0.29) is 11.5 Å². The fraction of sp³-hybridized carbons (Fsp3) is 0.111. The zero-order valence-electron chi connectivity index (χ0n) is 13.0. The Balaban J connectivity index is 2.02. The second kappa shape index (κ2) is 6.34. The fourth-order valence-electron chi connectivity index (χ4n) is 2.49. The molecule has 0 saturated heterocycles. The Bertz CT molecular complexity index is 1030. The summed E-state index contributed by atoms with van der Waals surface area (Å²) in [4.78, 5) is 28.1. The van der Waals surface area contributed by atoms with Crippen LogP contribution in [0.1, 0.15) is 18.1 Å². The molecule has 6 nitrogen and oxygen atoms in total. The standard InChI is InChI=1S/C18H14N4O2/c1-12(23)21-15-5-6-17-16(8-15)18(24)22(11-20-17)10-14-4-2-3-13(7-14)9-19/h2-8,11H,10H2,1H3,(H,21,23). The Morgan fingerprint density at radius 3 is 2.88 bits per heavy atom. The first-order valence-corrected chi connectivity index (χ1v) is 7.32. The smallest absolute Gasteiger partial charge is 0.261 e. The van der Waals surface area contributed by atoms with Gasteiger partial charge in [-0.15, -0.1) is 0 Å². The fourth-order valence-corrected chi connectivity index (χ4v) is 2.49. The Morgan fingerprint density at radius 1 is 1.29 bits per heavy atom. The molecule has 1 amide bonds. The zero-order valence-corrected chi connectivity index (χ0v) is 13.0. The van der Waals surface area contributed by atoms with Gasteiger partial charge < -0.3 is 5.32 Å². The average molecular weight is 318 g/mol. The number of carbonyl (C=O) groups is 1. The molecule has 3 aromatic rings. The van der Waals surface area contributed by atoms with Crippen molar-refractivity contribution in [2.75, 3.05) is 5.32 Å². The molecular formula is C18H14N4O2. The minimum Gasteiger partial charge on any atom is -0.326 e. The number of nitrogens with one attached hydrogen (secondary N) is 1. The first kappa shape index (κ1) is 15.4. The summed E-state index contributed by atoms with van der Waals surface area (Å²) in [5.74, 6) is -0.202. The number of rotatable bonds is 3. The van der Waals surface area contributed by atoms with E-state index in [0.29, 0.717) is 28.7 Å². The van der Waals surface area contributed by atoms with Crippen LogP contribution >= 0.6 is 0 Å². The Hall–Kier alpha value is -3.46. The largest absolute Gasteiger partial charge is 0.326 e. The molecule has 0 aliphatic heterocycles. The first-order valence-electron chi connectivity index (χ1n) is 7.32. The zero-order chi connectivity index (χ0) is 17.1. The lowest BCUT2D eigenvalue weighted by Gasteiger charge is -2.08. The van der Waals surface area contributed by atoms with Gasteiger partial charge in [0.05, 0.1) is 35.4 Å². The second-order valence-electron chi connectivity index (χ2n) is 5.40. The molecule has 0 unspecified atom stereocenters. The number of carbonyl (C=O) groups excluding carboxylic acids is 1. The predicted octanol–water partition coefficient (Wildman–Crippen LogP) is 2.27. The van der Waals surface area contributed by atoms with Crippen LogP contribution in [0.25, 0.3) is 10.9 Å². The van der Waals surface area contributed by atoms with Crippen LogP contribution in [0.3, 0.4) is 0 Å². The van der Waals surface area contributed by atoms with Crippen molar-refractivity contribution in [1.82, 2.24) is 9.55 Å². The monoisotopic (exact) mass is 318 g/mol. The molecule has 0 radical (unpaired) electrons. The molecule has 3 rings (SSSR count). The lowest BCUT2D eigenvalue weighted by atomic mass is 10.1. The molecule has 0 bridgehead atoms. The van der Waals surface area contributed by atoms with Crippen LogP contribution < -0.4 is 10.9 Å². The highest BCUT2D eigenvalue weighted by molar-refractivity contribution is 5.91. The molecular weight excluding hydrogens is 304 g/mol. The van der Waals surface area contributed by atoms with Gasteiger partial charge >= 0.3 is 0 Å². The minimum absolute atomic E-state index is 0.199. The van der Waals surface area contributed by atoms with Crippen LogP contribution in [0.5, 0.6) is 0 Å². The second-order valence-corrected chi connectivity index (χ2v) is 5.40. The normalized spacial score (nSPS) is 10.3. The van der Waals surface area contributed by atoms with Gasteiger partial charge in [0.2, 0.25) is 5.91 Å². The molecule has 0 aliphatic rings. The lowest BCUT2D eigenvalue weighted by Crippen LogP contribution is -2.21. The number of anilines is 1. The average Bonchev–Trinajstić information content (AvgIpc) is 2.57. The number of aromatic nitrogens is 2. The highest BCUT2D eigenvalue weighted by Crippen LogP contribution is 2.14. The van der Waals surface area contributed by atoms with Gasteiger partial charge in [0.25, 0.3) is 5.56 Å². The van der Waals surface area contributed by atoms with E-state index < -0.39 is 0 Å². The van der Waals surface area contributed by atoms with E-state index in [9.17, 15) is 9.59 Å². The summed E-state index contributed by atoms with van der Waals surface area (Å²) in [7, 11) is 0. The van der Waals surface area contributed by atoms with Crippen LogP contribution in [-0.2, 0) is 11.3 Å². The maximum atomic E-state index is 12.7. The van der Waals surface area contributed by atoms with Crippen molar-refractivity contribution in [1.29, 1.82) is 5.26 Å². The summed E-state index contributed by atoms with van der Waals surface area (Å²) in [5, 5.41) is 12.0. The van der Waals surface area contributed by atoms with Gasteiger partial charge in [-0.2, -0.15) is 5.26 Å². The van der Waals surface area contributed by atoms with E-state index in [1.54, 1.807) is 36.4 Å². The Labute approximate surface area is 138 Å². The van der Waals surface area contributed by atoms with Gasteiger partial charge in [-0.3, -0.25) is 14.2 Å². The van der Waals surface area contributed by atoms with Crippen LogP contribution in [0, 0.1) is 11.3 Å². The summed E-state index contributed by atoms with van der Waals surface area (Å²) in [6.45, 7) is 1.73. The summed E-state index contributed by atoms with van der Waals surface area (Å²) < 4.78 is 1.48. The van der Waals surface area contributed by atoms with Gasteiger partial charge in [0, 0.05) is 12.6 Å². The number of hydrogen-bond donors (Lipinski definition) is 1. The minimum atomic E-state index is -0.202. The molecule has 118 valence electrons. The van der Waals surface area contributed by atoms with Crippen molar-refractivity contribution in [2.45, 2.75) is 13.5 Å². The third-order valence-electron chi connectivity index (χ3n) is 3.55. The SMILES string of the molecule is CC(=O)Nc1ccc2ncn(Cc3cccc(C#N)c3)c(=O)c2c1. The van der Waals surface area contributed by atoms with Gasteiger partial charge in [0.1, 0.15) is 0 Å². The van der Waals surface area contributed by atoms with E-state index in [1.165, 1.54) is 17.8 Å². The van der Waals surface area contributed by atoms with E-state index in [4.69, 9.17) is 5.26 Å². The van der Waals surface area contributed by atoms with Crippen LogP contribution in [0.2, 0.25) is 0 Å². The third kappa shape index (κ3) is 3.15. The number of amides is 1. The highest BCUT2D eigenvalue weighted by Gasteiger charge is 2.07. The molecule has 2 aromatic carbocycles. The molecule has 1 aromatic heterocycles. The van der Waals surface area contributed by atoms with Crippen molar-refractivity contribution in [3.63, 3.8) is 0 Å². The van der Waals surface area contributed by atoms with Crippen molar-refractivity contribution >= 4 is 22.5 Å². The maximum Gasteiger partial charge on any atom is 0.261 e. The molecule has 0 atom stereocenters. The quantitative estimate of drug-likeness (QED) is 0.802. The Morgan fingerprint density at radius 2 is 2.12 bits per heavy atom. The third-order valence-corrected chi connectivity index (χ3v) is 3.55. The summed E-state index contributed by atoms with van der Waals surface area (Å²) in [5.41, 5.74) is 2.31.